The third kappa shape index (κ3) is 6.80. The minimum absolute atomic E-state index is 0.0276. The van der Waals surface area contributed by atoms with E-state index >= 15 is 0 Å². The van der Waals surface area contributed by atoms with Gasteiger partial charge in [-0.3, -0.25) is 9.59 Å². The maximum atomic E-state index is 13.9. The van der Waals surface area contributed by atoms with Crippen LogP contribution in [0.2, 0.25) is 9.36 Å². The fourth-order valence-corrected chi connectivity index (χ4v) is 5.50. The summed E-state index contributed by atoms with van der Waals surface area (Å²) in [6.07, 6.45) is 5.02. The van der Waals surface area contributed by atoms with Gasteiger partial charge in [0, 0.05) is 12.6 Å². The zero-order valence-corrected chi connectivity index (χ0v) is 22.7. The van der Waals surface area contributed by atoms with Crippen molar-refractivity contribution in [2.24, 2.45) is 0 Å². The van der Waals surface area contributed by atoms with Gasteiger partial charge >= 0.3 is 0 Å². The molecule has 1 N–H and O–H groups in total. The Morgan fingerprint density at radius 2 is 1.78 bits per heavy atom. The van der Waals surface area contributed by atoms with Gasteiger partial charge in [-0.15, -0.1) is 0 Å². The van der Waals surface area contributed by atoms with E-state index in [0.29, 0.717) is 23.5 Å². The second-order valence-electron chi connectivity index (χ2n) is 8.93. The molecule has 2 aromatic carbocycles. The van der Waals surface area contributed by atoms with E-state index in [1.807, 2.05) is 6.92 Å². The lowest BCUT2D eigenvalue weighted by Gasteiger charge is -2.33. The number of carbonyl (C=O) groups is 2. The summed E-state index contributed by atoms with van der Waals surface area (Å²) in [6, 6.07) is 11.9. The molecule has 10 heteroatoms. The second kappa shape index (κ2) is 12.7. The van der Waals surface area contributed by atoms with Crippen LogP contribution in [0.3, 0.4) is 0 Å². The first-order valence-corrected chi connectivity index (χ1v) is 13.8. The molecule has 2 amide bonds. The number of hydrogen-bond acceptors (Lipinski definition) is 5. The van der Waals surface area contributed by atoms with Gasteiger partial charge in [-0.25, -0.2) is 4.39 Å². The highest BCUT2D eigenvalue weighted by Gasteiger charge is 2.35. The molecule has 3 aromatic rings. The number of aromatic nitrogens is 1. The van der Waals surface area contributed by atoms with E-state index in [-0.39, 0.29) is 33.5 Å². The van der Waals surface area contributed by atoms with Crippen molar-refractivity contribution in [2.45, 2.75) is 57.7 Å². The Labute approximate surface area is 229 Å². The van der Waals surface area contributed by atoms with Crippen LogP contribution in [0.25, 0.3) is 0 Å². The molecule has 1 fully saturated rings. The van der Waals surface area contributed by atoms with Crippen molar-refractivity contribution in [1.82, 2.24) is 14.6 Å². The van der Waals surface area contributed by atoms with Gasteiger partial charge in [-0.05, 0) is 66.7 Å². The third-order valence-electron chi connectivity index (χ3n) is 6.35. The van der Waals surface area contributed by atoms with Crippen molar-refractivity contribution >= 4 is 46.5 Å². The van der Waals surface area contributed by atoms with Crippen LogP contribution in [0.4, 0.5) is 4.39 Å². The Bertz CT molecular complexity index is 1210. The predicted molar refractivity (Wildman–Crippen MR) is 144 cm³/mol. The summed E-state index contributed by atoms with van der Waals surface area (Å²) < 4.78 is 23.5. The van der Waals surface area contributed by atoms with E-state index in [9.17, 15) is 14.0 Å². The number of nitrogens with one attached hydrogen (secondary N) is 1. The van der Waals surface area contributed by atoms with Crippen molar-refractivity contribution in [1.29, 1.82) is 0 Å². The first-order chi connectivity index (χ1) is 17.9. The molecule has 1 aliphatic carbocycles. The molecule has 4 rings (SSSR count). The largest absolute Gasteiger partial charge is 0.494 e. The highest BCUT2D eigenvalue weighted by molar-refractivity contribution is 7.11. The average Bonchev–Trinajstić information content (AvgIpc) is 3.24. The summed E-state index contributed by atoms with van der Waals surface area (Å²) in [6.45, 7) is 2.42. The zero-order chi connectivity index (χ0) is 26.4. The highest BCUT2D eigenvalue weighted by atomic mass is 35.5. The van der Waals surface area contributed by atoms with Crippen LogP contribution in [0.15, 0.2) is 48.5 Å². The molecule has 0 unspecified atom stereocenters. The van der Waals surface area contributed by atoms with Crippen LogP contribution in [0, 0.1) is 5.82 Å². The number of halogens is 3. The van der Waals surface area contributed by atoms with E-state index in [2.05, 4.69) is 9.69 Å². The molecule has 0 radical (unpaired) electrons. The minimum atomic E-state index is -0.994. The predicted octanol–water partition coefficient (Wildman–Crippen LogP) is 6.82. The summed E-state index contributed by atoms with van der Waals surface area (Å²) in [5, 5.41) is 3.20. The van der Waals surface area contributed by atoms with Crippen LogP contribution in [-0.4, -0.2) is 33.7 Å². The molecule has 1 saturated carbocycles. The molecule has 1 heterocycles. The van der Waals surface area contributed by atoms with Gasteiger partial charge in [0.2, 0.25) is 5.91 Å². The SMILES string of the molecule is CCOc1ccc([C@@H](C(=O)NC2CCCCC2)N(Cc2ccc(F)cc2)C(=O)c2nsc(Cl)c2Cl)cc1. The molecule has 37 heavy (non-hydrogen) atoms. The van der Waals surface area contributed by atoms with Crippen molar-refractivity contribution in [2.75, 3.05) is 6.61 Å². The molecule has 6 nitrogen and oxygen atoms in total. The van der Waals surface area contributed by atoms with E-state index < -0.39 is 17.8 Å². The fourth-order valence-electron chi connectivity index (χ4n) is 4.51. The number of hydrogen-bond donors (Lipinski definition) is 1. The summed E-state index contributed by atoms with van der Waals surface area (Å²) in [5.41, 5.74) is 1.22. The summed E-state index contributed by atoms with van der Waals surface area (Å²) in [4.78, 5) is 29.2. The fraction of sp³-hybridized carbons (Fsp3) is 0.370. The van der Waals surface area contributed by atoms with E-state index in [4.69, 9.17) is 27.9 Å². The Hall–Kier alpha value is -2.68. The van der Waals surface area contributed by atoms with E-state index in [0.717, 1.165) is 43.6 Å². The zero-order valence-electron chi connectivity index (χ0n) is 20.4. The number of amides is 2. The van der Waals surface area contributed by atoms with Gasteiger partial charge in [0.15, 0.2) is 5.69 Å². The molecule has 0 spiro atoms. The number of carbonyl (C=O) groups excluding carboxylic acids is 2. The van der Waals surface area contributed by atoms with Gasteiger partial charge in [-0.2, -0.15) is 4.37 Å². The van der Waals surface area contributed by atoms with Gasteiger partial charge in [0.1, 0.15) is 27.0 Å². The number of benzene rings is 2. The Kier molecular flexibility index (Phi) is 9.40. The summed E-state index contributed by atoms with van der Waals surface area (Å²) in [7, 11) is 0. The van der Waals surface area contributed by atoms with Crippen molar-refractivity contribution in [3.8, 4) is 5.75 Å². The topological polar surface area (TPSA) is 71.5 Å². The van der Waals surface area contributed by atoms with Crippen LogP contribution >= 0.6 is 34.7 Å². The maximum Gasteiger partial charge on any atom is 0.276 e. The molecule has 1 aromatic heterocycles. The van der Waals surface area contributed by atoms with Crippen molar-refractivity contribution < 1.29 is 18.7 Å². The van der Waals surface area contributed by atoms with E-state index in [1.165, 1.54) is 17.0 Å². The Morgan fingerprint density at radius 3 is 2.38 bits per heavy atom. The van der Waals surface area contributed by atoms with Gasteiger partial charge in [0.25, 0.3) is 5.91 Å². The first kappa shape index (κ1) is 27.4. The Morgan fingerprint density at radius 1 is 1.11 bits per heavy atom. The second-order valence-corrected chi connectivity index (χ2v) is 10.7. The molecule has 0 saturated heterocycles. The average molecular weight is 565 g/mol. The Balaban J connectivity index is 1.76. The molecule has 1 aliphatic rings. The molecule has 1 atom stereocenters. The quantitative estimate of drug-likeness (QED) is 0.310. The van der Waals surface area contributed by atoms with Crippen LogP contribution in [-0.2, 0) is 11.3 Å². The maximum absolute atomic E-state index is 13.9. The first-order valence-electron chi connectivity index (χ1n) is 12.3. The van der Waals surface area contributed by atoms with Crippen LogP contribution in [0.5, 0.6) is 5.75 Å². The highest BCUT2D eigenvalue weighted by Crippen LogP contribution is 2.34. The number of nitrogens with zero attached hydrogens (tertiary/aromatic N) is 2. The van der Waals surface area contributed by atoms with E-state index in [1.54, 1.807) is 36.4 Å². The normalized spacial score (nSPS) is 14.7. The lowest BCUT2D eigenvalue weighted by Crippen LogP contribution is -2.47. The van der Waals surface area contributed by atoms with Gasteiger partial charge in [0.05, 0.1) is 6.61 Å². The van der Waals surface area contributed by atoms with Crippen LogP contribution in [0.1, 0.15) is 66.7 Å². The molecular formula is C27H28Cl2FN3O3S. The van der Waals surface area contributed by atoms with Gasteiger partial charge in [-0.1, -0.05) is 66.7 Å². The molecule has 196 valence electrons. The minimum Gasteiger partial charge on any atom is -0.494 e. The standard InChI is InChI=1S/C27H28Cl2FN3O3S/c1-2-36-21-14-10-18(11-15-21)24(26(34)31-20-6-4-3-5-7-20)33(16-17-8-12-19(30)13-9-17)27(35)23-22(28)25(29)37-32-23/h8-15,20,24H,2-7,16H2,1H3,(H,31,34)/t24-/m0/s1. The summed E-state index contributed by atoms with van der Waals surface area (Å²) in [5.74, 6) is -0.586. The lowest BCUT2D eigenvalue weighted by atomic mass is 9.94. The lowest BCUT2D eigenvalue weighted by molar-refractivity contribution is -0.127. The number of ether oxygens (including phenoxy) is 1. The summed E-state index contributed by atoms with van der Waals surface area (Å²) >= 11 is 13.3. The molecular weight excluding hydrogens is 536 g/mol. The van der Waals surface area contributed by atoms with Crippen molar-refractivity contribution in [3.05, 3.63) is 80.5 Å². The molecule has 0 aliphatic heterocycles. The van der Waals surface area contributed by atoms with Crippen LogP contribution < -0.4 is 10.1 Å². The number of rotatable bonds is 9. The third-order valence-corrected chi connectivity index (χ3v) is 7.96. The smallest absolute Gasteiger partial charge is 0.276 e. The monoisotopic (exact) mass is 563 g/mol. The van der Waals surface area contributed by atoms with Gasteiger partial charge < -0.3 is 15.0 Å². The van der Waals surface area contributed by atoms with Crippen molar-refractivity contribution in [3.63, 3.8) is 0 Å². The molecule has 0 bridgehead atoms.